The summed E-state index contributed by atoms with van der Waals surface area (Å²) in [5.41, 5.74) is 1.20. The minimum atomic E-state index is -0.0514. The summed E-state index contributed by atoms with van der Waals surface area (Å²) in [5.74, 6) is 1.54. The van der Waals surface area contributed by atoms with Gasteiger partial charge >= 0.3 is 5.97 Å². The van der Waals surface area contributed by atoms with Crippen LogP contribution in [0.2, 0.25) is 5.02 Å². The van der Waals surface area contributed by atoms with E-state index < -0.39 is 0 Å². The number of halogens is 1. The number of hydrogen-bond acceptors (Lipinski definition) is 3. The van der Waals surface area contributed by atoms with E-state index in [-0.39, 0.29) is 11.9 Å². The summed E-state index contributed by atoms with van der Waals surface area (Å²) >= 11 is 5.91. The number of likely N-dealkylation sites (tertiary alicyclic amines) is 1. The van der Waals surface area contributed by atoms with Crippen molar-refractivity contribution in [2.75, 3.05) is 19.7 Å². The summed E-state index contributed by atoms with van der Waals surface area (Å²) in [6.45, 7) is 5.11. The van der Waals surface area contributed by atoms with E-state index in [1.165, 1.54) is 10.5 Å². The molecule has 1 fully saturated rings. The Kier molecular flexibility index (Phi) is 6.53. The molecule has 2 atom stereocenters. The Morgan fingerprint density at radius 1 is 1.19 bits per heavy atom. The van der Waals surface area contributed by atoms with Crippen molar-refractivity contribution >= 4 is 17.6 Å². The number of piperidine rings is 1. The molecule has 0 bridgehead atoms. The molecular weight excluding hydrogens is 350 g/mol. The van der Waals surface area contributed by atoms with Crippen molar-refractivity contribution in [2.24, 2.45) is 5.92 Å². The van der Waals surface area contributed by atoms with Crippen molar-refractivity contribution in [1.29, 1.82) is 0 Å². The third-order valence-electron chi connectivity index (χ3n) is 4.64. The van der Waals surface area contributed by atoms with Gasteiger partial charge in [-0.15, -0.1) is 0 Å². The zero-order chi connectivity index (χ0) is 18.4. The van der Waals surface area contributed by atoms with Gasteiger partial charge < -0.3 is 14.4 Å². The first-order valence-corrected chi connectivity index (χ1v) is 9.54. The molecule has 1 aliphatic heterocycles. The number of esters is 1. The van der Waals surface area contributed by atoms with E-state index in [1.54, 1.807) is 0 Å². The molecule has 3 rings (SSSR count). The molecule has 1 heterocycles. The van der Waals surface area contributed by atoms with Gasteiger partial charge in [0.25, 0.3) is 0 Å². The lowest BCUT2D eigenvalue weighted by molar-refractivity contribution is -0.921. The van der Waals surface area contributed by atoms with Crippen LogP contribution in [-0.4, -0.2) is 25.7 Å². The fraction of sp³-hybridized carbons (Fsp3) is 0.381. The minimum absolute atomic E-state index is 0.0206. The summed E-state index contributed by atoms with van der Waals surface area (Å²) in [4.78, 5) is 13.4. The molecule has 0 radical (unpaired) electrons. The van der Waals surface area contributed by atoms with Crippen LogP contribution >= 0.6 is 11.6 Å². The number of hydrogen-bond donors (Lipinski definition) is 1. The molecule has 1 aliphatic rings. The Morgan fingerprint density at radius 2 is 2.00 bits per heavy atom. The van der Waals surface area contributed by atoms with Crippen molar-refractivity contribution in [3.05, 3.63) is 59.1 Å². The van der Waals surface area contributed by atoms with Crippen molar-refractivity contribution < 1.29 is 19.2 Å². The summed E-state index contributed by atoms with van der Waals surface area (Å²) in [5, 5.41) is 0.691. The van der Waals surface area contributed by atoms with Crippen LogP contribution in [0.5, 0.6) is 11.5 Å². The molecule has 4 nitrogen and oxygen atoms in total. The average Bonchev–Trinajstić information content (AvgIpc) is 2.64. The van der Waals surface area contributed by atoms with Gasteiger partial charge in [0.05, 0.1) is 19.7 Å². The van der Waals surface area contributed by atoms with E-state index in [0.717, 1.165) is 44.0 Å². The van der Waals surface area contributed by atoms with Crippen molar-refractivity contribution in [2.45, 2.75) is 26.3 Å². The molecule has 0 amide bonds. The molecular formula is C21H25ClNO3+. The van der Waals surface area contributed by atoms with Crippen LogP contribution in [-0.2, 0) is 16.1 Å². The summed E-state index contributed by atoms with van der Waals surface area (Å²) < 4.78 is 11.1. The second-order valence-corrected chi connectivity index (χ2v) is 7.11. The highest BCUT2D eigenvalue weighted by molar-refractivity contribution is 6.30. The van der Waals surface area contributed by atoms with Crippen LogP contribution in [0.3, 0.4) is 0 Å². The molecule has 5 heteroatoms. The Bertz CT molecular complexity index is 732. The zero-order valence-corrected chi connectivity index (χ0v) is 15.8. The summed E-state index contributed by atoms with van der Waals surface area (Å²) in [6.07, 6.45) is 1.99. The van der Waals surface area contributed by atoms with Gasteiger partial charge in [-0.25, -0.2) is 0 Å². The number of nitrogens with one attached hydrogen (secondary N) is 1. The van der Waals surface area contributed by atoms with E-state index in [2.05, 4.69) is 12.1 Å². The number of quaternary nitrogens is 1. The Labute approximate surface area is 159 Å². The first-order chi connectivity index (χ1) is 12.6. The molecule has 138 valence electrons. The molecule has 1 saturated heterocycles. The van der Waals surface area contributed by atoms with E-state index in [1.807, 2.05) is 43.3 Å². The van der Waals surface area contributed by atoms with Gasteiger partial charge in [-0.1, -0.05) is 23.7 Å². The Balaban J connectivity index is 1.61. The largest absolute Gasteiger partial charge is 0.466 e. The second kappa shape index (κ2) is 9.06. The lowest BCUT2D eigenvalue weighted by Gasteiger charge is -2.28. The van der Waals surface area contributed by atoms with Crippen LogP contribution in [0, 0.1) is 5.92 Å². The van der Waals surface area contributed by atoms with Gasteiger partial charge in [-0.05, 0) is 56.2 Å². The van der Waals surface area contributed by atoms with Gasteiger partial charge in [0, 0.05) is 10.6 Å². The SMILES string of the molecule is CCOC(=O)[C@@H]1CCC[NH+](Cc2cccc(Oc3ccc(Cl)cc3)c2)C1. The third kappa shape index (κ3) is 5.23. The quantitative estimate of drug-likeness (QED) is 0.787. The molecule has 1 N–H and O–H groups in total. The van der Waals surface area contributed by atoms with E-state index in [0.29, 0.717) is 11.6 Å². The highest BCUT2D eigenvalue weighted by Gasteiger charge is 2.29. The van der Waals surface area contributed by atoms with Gasteiger partial charge in [0.2, 0.25) is 0 Å². The first-order valence-electron chi connectivity index (χ1n) is 9.16. The van der Waals surface area contributed by atoms with Crippen LogP contribution in [0.15, 0.2) is 48.5 Å². The van der Waals surface area contributed by atoms with Gasteiger partial charge in [-0.3, -0.25) is 4.79 Å². The zero-order valence-electron chi connectivity index (χ0n) is 15.0. The molecule has 2 aromatic carbocycles. The topological polar surface area (TPSA) is 40.0 Å². The highest BCUT2D eigenvalue weighted by Crippen LogP contribution is 2.23. The van der Waals surface area contributed by atoms with Crippen LogP contribution in [0.1, 0.15) is 25.3 Å². The number of ether oxygens (including phenoxy) is 2. The summed E-state index contributed by atoms with van der Waals surface area (Å²) in [6, 6.07) is 15.5. The van der Waals surface area contributed by atoms with Crippen molar-refractivity contribution in [3.8, 4) is 11.5 Å². The maximum atomic E-state index is 12.0. The van der Waals surface area contributed by atoms with E-state index >= 15 is 0 Å². The monoisotopic (exact) mass is 374 g/mol. The first kappa shape index (κ1) is 18.7. The van der Waals surface area contributed by atoms with Crippen LogP contribution < -0.4 is 9.64 Å². The Hall–Kier alpha value is -2.04. The lowest BCUT2D eigenvalue weighted by Crippen LogP contribution is -3.12. The molecule has 0 spiro atoms. The lowest BCUT2D eigenvalue weighted by atomic mass is 9.97. The fourth-order valence-corrected chi connectivity index (χ4v) is 3.55. The molecule has 0 saturated carbocycles. The summed E-state index contributed by atoms with van der Waals surface area (Å²) in [7, 11) is 0. The highest BCUT2D eigenvalue weighted by atomic mass is 35.5. The Morgan fingerprint density at radius 3 is 2.77 bits per heavy atom. The number of carbonyl (C=O) groups is 1. The number of benzene rings is 2. The van der Waals surface area contributed by atoms with E-state index in [9.17, 15) is 4.79 Å². The maximum Gasteiger partial charge on any atom is 0.314 e. The van der Waals surface area contributed by atoms with Gasteiger partial charge in [0.1, 0.15) is 24.0 Å². The average molecular weight is 375 g/mol. The number of rotatable bonds is 6. The molecule has 2 aromatic rings. The normalized spacial score (nSPS) is 19.8. The maximum absolute atomic E-state index is 12.0. The molecule has 1 unspecified atom stereocenters. The molecule has 0 aromatic heterocycles. The van der Waals surface area contributed by atoms with Gasteiger partial charge in [0.15, 0.2) is 0 Å². The number of carbonyl (C=O) groups excluding carboxylic acids is 1. The van der Waals surface area contributed by atoms with Crippen LogP contribution in [0.25, 0.3) is 0 Å². The van der Waals surface area contributed by atoms with E-state index in [4.69, 9.17) is 21.1 Å². The minimum Gasteiger partial charge on any atom is -0.466 e. The predicted molar refractivity (Wildman–Crippen MR) is 102 cm³/mol. The van der Waals surface area contributed by atoms with Crippen LogP contribution in [0.4, 0.5) is 0 Å². The van der Waals surface area contributed by atoms with Crippen molar-refractivity contribution in [3.63, 3.8) is 0 Å². The third-order valence-corrected chi connectivity index (χ3v) is 4.89. The van der Waals surface area contributed by atoms with Gasteiger partial charge in [-0.2, -0.15) is 0 Å². The molecule has 0 aliphatic carbocycles. The van der Waals surface area contributed by atoms with Crippen molar-refractivity contribution in [1.82, 2.24) is 0 Å². The smallest absolute Gasteiger partial charge is 0.314 e. The standard InChI is InChI=1S/C21H24ClNO3/c1-2-25-21(24)17-6-4-12-23(15-17)14-16-5-3-7-20(13-16)26-19-10-8-18(22)9-11-19/h3,5,7-11,13,17H,2,4,6,12,14-15H2,1H3/p+1/t17-/m1/s1. The predicted octanol–water partition coefficient (Wildman–Crippen LogP) is 3.49. The fourth-order valence-electron chi connectivity index (χ4n) is 3.42. The second-order valence-electron chi connectivity index (χ2n) is 6.68. The molecule has 26 heavy (non-hydrogen) atoms.